The Hall–Kier alpha value is -0.770. The molecule has 0 saturated heterocycles. The molecule has 0 bridgehead atoms. The Morgan fingerprint density at radius 2 is 1.83 bits per heavy atom. The zero-order valence-electron chi connectivity index (χ0n) is 10.1. The lowest BCUT2D eigenvalue weighted by Gasteiger charge is -2.08. The van der Waals surface area contributed by atoms with Crippen LogP contribution in [0.3, 0.4) is 0 Å². The van der Waals surface area contributed by atoms with Crippen molar-refractivity contribution in [2.24, 2.45) is 0 Å². The van der Waals surface area contributed by atoms with Gasteiger partial charge in [0.1, 0.15) is 0 Å². The van der Waals surface area contributed by atoms with Crippen molar-refractivity contribution in [3.63, 3.8) is 0 Å². The molecule has 0 aliphatic rings. The molecule has 2 aromatic carbocycles. The van der Waals surface area contributed by atoms with Crippen molar-refractivity contribution in [3.8, 4) is 0 Å². The third kappa shape index (κ3) is 3.61. The van der Waals surface area contributed by atoms with E-state index in [0.29, 0.717) is 0 Å². The summed E-state index contributed by atoms with van der Waals surface area (Å²) < 4.78 is 1.09. The van der Waals surface area contributed by atoms with Gasteiger partial charge in [-0.25, -0.2) is 0 Å². The van der Waals surface area contributed by atoms with Crippen molar-refractivity contribution in [3.05, 3.63) is 58.6 Å². The average molecular weight is 323 g/mol. The molecule has 0 aliphatic heterocycles. The molecular weight excluding hydrogens is 308 g/mol. The first-order valence-corrected chi connectivity index (χ1v) is 7.51. The van der Waals surface area contributed by atoms with Crippen LogP contribution in [0.15, 0.2) is 62.8 Å². The second-order valence-corrected chi connectivity index (χ2v) is 6.12. The van der Waals surface area contributed by atoms with Crippen LogP contribution in [0.1, 0.15) is 25.0 Å². The van der Waals surface area contributed by atoms with E-state index in [0.717, 1.165) is 16.5 Å². The van der Waals surface area contributed by atoms with Gasteiger partial charge in [-0.05, 0) is 42.3 Å². The van der Waals surface area contributed by atoms with E-state index in [1.165, 1.54) is 9.79 Å². The molecule has 18 heavy (non-hydrogen) atoms. The number of aliphatic hydroxyl groups is 1. The standard InChI is InChI=1S/C15H15BrOS/c1-2-15(17)11-6-8-13(9-7-11)18-14-5-3-4-12(16)10-14/h3-10,15,17H,2H2,1H3/t15-/m0/s1. The Morgan fingerprint density at radius 1 is 1.11 bits per heavy atom. The zero-order valence-corrected chi connectivity index (χ0v) is 12.5. The van der Waals surface area contributed by atoms with Crippen molar-refractivity contribution in [1.82, 2.24) is 0 Å². The topological polar surface area (TPSA) is 20.2 Å². The molecule has 1 atom stereocenters. The number of aliphatic hydroxyl groups excluding tert-OH is 1. The van der Waals surface area contributed by atoms with Crippen LogP contribution < -0.4 is 0 Å². The summed E-state index contributed by atoms with van der Waals surface area (Å²) in [4.78, 5) is 2.38. The predicted molar refractivity (Wildman–Crippen MR) is 80.0 cm³/mol. The fourth-order valence-electron chi connectivity index (χ4n) is 1.66. The van der Waals surface area contributed by atoms with Gasteiger partial charge in [0.25, 0.3) is 0 Å². The number of benzene rings is 2. The quantitative estimate of drug-likeness (QED) is 0.850. The normalized spacial score (nSPS) is 12.4. The number of rotatable bonds is 4. The first kappa shape index (κ1) is 13.7. The maximum Gasteiger partial charge on any atom is 0.0787 e. The fraction of sp³-hybridized carbons (Fsp3) is 0.200. The first-order valence-electron chi connectivity index (χ1n) is 5.90. The molecule has 1 N–H and O–H groups in total. The summed E-state index contributed by atoms with van der Waals surface area (Å²) >= 11 is 5.19. The van der Waals surface area contributed by atoms with Gasteiger partial charge in [-0.2, -0.15) is 0 Å². The van der Waals surface area contributed by atoms with Gasteiger partial charge in [0.15, 0.2) is 0 Å². The van der Waals surface area contributed by atoms with Crippen molar-refractivity contribution in [2.45, 2.75) is 29.2 Å². The molecule has 0 aromatic heterocycles. The van der Waals surface area contributed by atoms with Crippen LogP contribution in [0.5, 0.6) is 0 Å². The molecule has 1 nitrogen and oxygen atoms in total. The Morgan fingerprint density at radius 3 is 2.44 bits per heavy atom. The van der Waals surface area contributed by atoms with Gasteiger partial charge in [-0.15, -0.1) is 0 Å². The Kier molecular flexibility index (Phi) is 4.87. The minimum Gasteiger partial charge on any atom is -0.388 e. The highest BCUT2D eigenvalue weighted by Gasteiger charge is 2.04. The highest BCUT2D eigenvalue weighted by Crippen LogP contribution is 2.30. The highest BCUT2D eigenvalue weighted by molar-refractivity contribution is 9.10. The maximum absolute atomic E-state index is 9.73. The first-order chi connectivity index (χ1) is 8.69. The summed E-state index contributed by atoms with van der Waals surface area (Å²) in [5, 5.41) is 9.73. The molecule has 0 amide bonds. The van der Waals surface area contributed by atoms with Crippen LogP contribution in [-0.4, -0.2) is 5.11 Å². The zero-order chi connectivity index (χ0) is 13.0. The van der Waals surface area contributed by atoms with Gasteiger partial charge >= 0.3 is 0 Å². The summed E-state index contributed by atoms with van der Waals surface area (Å²) in [5.41, 5.74) is 0.982. The Balaban J connectivity index is 2.11. The molecule has 0 saturated carbocycles. The molecule has 0 radical (unpaired) electrons. The van der Waals surface area contributed by atoms with Gasteiger partial charge < -0.3 is 5.11 Å². The Bertz CT molecular complexity index is 510. The molecule has 0 unspecified atom stereocenters. The van der Waals surface area contributed by atoms with E-state index in [2.05, 4.69) is 40.2 Å². The fourth-order valence-corrected chi connectivity index (χ4v) is 3.09. The van der Waals surface area contributed by atoms with Gasteiger partial charge in [0, 0.05) is 14.3 Å². The maximum atomic E-state index is 9.73. The van der Waals surface area contributed by atoms with E-state index in [-0.39, 0.29) is 6.10 Å². The van der Waals surface area contributed by atoms with Crippen LogP contribution >= 0.6 is 27.7 Å². The summed E-state index contributed by atoms with van der Waals surface area (Å²) in [6.07, 6.45) is 0.396. The van der Waals surface area contributed by atoms with Crippen LogP contribution in [0, 0.1) is 0 Å². The molecule has 94 valence electrons. The van der Waals surface area contributed by atoms with Gasteiger partial charge in [-0.1, -0.05) is 52.8 Å². The van der Waals surface area contributed by atoms with E-state index in [1.807, 2.05) is 31.2 Å². The minimum absolute atomic E-state index is 0.352. The summed E-state index contributed by atoms with van der Waals surface area (Å²) in [6, 6.07) is 16.3. The molecule has 2 aromatic rings. The van der Waals surface area contributed by atoms with Crippen molar-refractivity contribution >= 4 is 27.7 Å². The molecular formula is C15H15BrOS. The summed E-state index contributed by atoms with van der Waals surface area (Å²) in [7, 11) is 0. The largest absolute Gasteiger partial charge is 0.388 e. The molecule has 0 heterocycles. The van der Waals surface area contributed by atoms with Crippen LogP contribution in [0.4, 0.5) is 0 Å². The molecule has 2 rings (SSSR count). The van der Waals surface area contributed by atoms with E-state index in [9.17, 15) is 5.11 Å². The lowest BCUT2D eigenvalue weighted by atomic mass is 10.1. The van der Waals surface area contributed by atoms with E-state index in [4.69, 9.17) is 0 Å². The average Bonchev–Trinajstić information content (AvgIpc) is 2.39. The van der Waals surface area contributed by atoms with E-state index < -0.39 is 0 Å². The molecule has 3 heteroatoms. The van der Waals surface area contributed by atoms with E-state index in [1.54, 1.807) is 11.8 Å². The van der Waals surface area contributed by atoms with E-state index >= 15 is 0 Å². The molecule has 0 fully saturated rings. The van der Waals surface area contributed by atoms with Gasteiger partial charge in [-0.3, -0.25) is 0 Å². The van der Waals surface area contributed by atoms with Crippen molar-refractivity contribution < 1.29 is 5.11 Å². The molecule has 0 aliphatic carbocycles. The smallest absolute Gasteiger partial charge is 0.0787 e. The van der Waals surface area contributed by atoms with Gasteiger partial charge in [0.2, 0.25) is 0 Å². The second kappa shape index (κ2) is 6.41. The monoisotopic (exact) mass is 322 g/mol. The third-order valence-corrected chi connectivity index (χ3v) is 4.17. The summed E-state index contributed by atoms with van der Waals surface area (Å²) in [6.45, 7) is 1.98. The third-order valence-electron chi connectivity index (χ3n) is 2.68. The number of hydrogen-bond acceptors (Lipinski definition) is 2. The SMILES string of the molecule is CC[C@H](O)c1ccc(Sc2cccc(Br)c2)cc1. The second-order valence-electron chi connectivity index (χ2n) is 4.05. The van der Waals surface area contributed by atoms with Crippen molar-refractivity contribution in [1.29, 1.82) is 0 Å². The summed E-state index contributed by atoms with van der Waals surface area (Å²) in [5.74, 6) is 0. The minimum atomic E-state index is -0.352. The van der Waals surface area contributed by atoms with Crippen LogP contribution in [-0.2, 0) is 0 Å². The number of halogens is 1. The highest BCUT2D eigenvalue weighted by atomic mass is 79.9. The Labute approximate surface area is 120 Å². The lowest BCUT2D eigenvalue weighted by molar-refractivity contribution is 0.173. The van der Waals surface area contributed by atoms with Crippen LogP contribution in [0.2, 0.25) is 0 Å². The van der Waals surface area contributed by atoms with Crippen molar-refractivity contribution in [2.75, 3.05) is 0 Å². The molecule has 0 spiro atoms. The van der Waals surface area contributed by atoms with Gasteiger partial charge in [0.05, 0.1) is 6.10 Å². The van der Waals surface area contributed by atoms with Crippen LogP contribution in [0.25, 0.3) is 0 Å². The predicted octanol–water partition coefficient (Wildman–Crippen LogP) is 5.04. The number of hydrogen-bond donors (Lipinski definition) is 1. The lowest BCUT2D eigenvalue weighted by Crippen LogP contribution is -1.93.